The molecule has 2 nitrogen and oxygen atoms in total. The van der Waals surface area contributed by atoms with Crippen molar-refractivity contribution in [3.8, 4) is 0 Å². The van der Waals surface area contributed by atoms with E-state index in [2.05, 4.69) is 0 Å². The smallest absolute Gasteiger partial charge is 0.338 e. The Morgan fingerprint density at radius 2 is 2.00 bits per heavy atom. The monoisotopic (exact) mass is 162 g/mol. The van der Waals surface area contributed by atoms with Crippen molar-refractivity contribution in [2.24, 2.45) is 0 Å². The second-order valence-corrected chi connectivity index (χ2v) is 2.34. The summed E-state index contributed by atoms with van der Waals surface area (Å²) in [6.45, 7) is 7.61. The second kappa shape index (κ2) is 3.90. The van der Waals surface area contributed by atoms with E-state index in [9.17, 15) is 4.79 Å². The Labute approximate surface area is 72.2 Å². The van der Waals surface area contributed by atoms with Gasteiger partial charge in [-0.1, -0.05) is 12.1 Å². The molecule has 0 aliphatic carbocycles. The zero-order valence-corrected chi connectivity index (χ0v) is 6.91. The molecule has 0 saturated carbocycles. The van der Waals surface area contributed by atoms with Gasteiger partial charge in [0.05, 0.1) is 12.2 Å². The fraction of sp³-hybridized carbons (Fsp3) is 0.200. The first-order valence-electron chi connectivity index (χ1n) is 3.76. The Kier molecular flexibility index (Phi) is 2.86. The lowest BCUT2D eigenvalue weighted by Gasteiger charge is -2.00. The van der Waals surface area contributed by atoms with Crippen molar-refractivity contribution in [3.63, 3.8) is 0 Å². The summed E-state index contributed by atoms with van der Waals surface area (Å²) in [5.74, 6) is -0.308. The summed E-state index contributed by atoms with van der Waals surface area (Å²) < 4.78 is 4.79. The fourth-order valence-electron chi connectivity index (χ4n) is 0.834. The molecule has 0 N–H and O–H groups in total. The highest BCUT2D eigenvalue weighted by Gasteiger charge is 2.03. The van der Waals surface area contributed by atoms with Crippen LogP contribution in [0.15, 0.2) is 24.3 Å². The van der Waals surface area contributed by atoms with Crippen LogP contribution in [0.3, 0.4) is 0 Å². The van der Waals surface area contributed by atoms with Crippen molar-refractivity contribution >= 4 is 5.97 Å². The van der Waals surface area contributed by atoms with Crippen molar-refractivity contribution in [3.05, 3.63) is 42.3 Å². The van der Waals surface area contributed by atoms with Crippen LogP contribution in [-0.2, 0) is 4.74 Å². The van der Waals surface area contributed by atoms with Crippen molar-refractivity contribution in [2.45, 2.75) is 6.92 Å². The summed E-state index contributed by atoms with van der Waals surface area (Å²) in [5, 5.41) is 0. The van der Waals surface area contributed by atoms with Crippen LogP contribution < -0.4 is 0 Å². The van der Waals surface area contributed by atoms with Crippen molar-refractivity contribution < 1.29 is 9.53 Å². The van der Waals surface area contributed by atoms with Crippen molar-refractivity contribution in [1.29, 1.82) is 0 Å². The topological polar surface area (TPSA) is 26.3 Å². The van der Waals surface area contributed by atoms with Crippen LogP contribution in [0.1, 0.15) is 22.8 Å². The maximum Gasteiger partial charge on any atom is 0.338 e. The summed E-state index contributed by atoms with van der Waals surface area (Å²) in [6.07, 6.45) is 0. The fourth-order valence-corrected chi connectivity index (χ4v) is 0.834. The number of carbonyl (C=O) groups is 1. The van der Waals surface area contributed by atoms with Gasteiger partial charge >= 0.3 is 5.97 Å². The molecule has 0 fully saturated rings. The Balaban J connectivity index is 2.75. The van der Waals surface area contributed by atoms with Gasteiger partial charge in [-0.15, -0.1) is 0 Å². The first-order valence-corrected chi connectivity index (χ1v) is 3.76. The zero-order chi connectivity index (χ0) is 8.97. The third-order valence-corrected chi connectivity index (χ3v) is 1.42. The number of hydrogen-bond acceptors (Lipinski definition) is 2. The largest absolute Gasteiger partial charge is 0.462 e. The molecule has 0 amide bonds. The first kappa shape index (κ1) is 8.78. The standard InChI is InChI=1S/C10H10O2/c1-3-12-10(11)9-6-4-8(2)5-7-9/h2,4-7H,3H2,1H3. The molecule has 0 heterocycles. The minimum atomic E-state index is -0.308. The molecular formula is C10H10O2. The first-order chi connectivity index (χ1) is 5.74. The molecule has 0 bridgehead atoms. The highest BCUT2D eigenvalue weighted by atomic mass is 16.5. The van der Waals surface area contributed by atoms with E-state index in [1.54, 1.807) is 31.2 Å². The molecule has 1 aromatic carbocycles. The van der Waals surface area contributed by atoms with Gasteiger partial charge in [0.1, 0.15) is 0 Å². The Bertz CT molecular complexity index is 262. The van der Waals surface area contributed by atoms with Crippen molar-refractivity contribution in [2.75, 3.05) is 6.61 Å². The Morgan fingerprint density at radius 3 is 2.50 bits per heavy atom. The molecule has 0 aliphatic heterocycles. The predicted octanol–water partition coefficient (Wildman–Crippen LogP) is 1.92. The molecule has 2 radical (unpaired) electrons. The summed E-state index contributed by atoms with van der Waals surface area (Å²) in [7, 11) is 0. The van der Waals surface area contributed by atoms with Gasteiger partial charge in [-0.05, 0) is 31.5 Å². The average Bonchev–Trinajstić information content (AvgIpc) is 2.06. The quantitative estimate of drug-likeness (QED) is 0.621. The molecule has 2 heteroatoms. The second-order valence-electron chi connectivity index (χ2n) is 2.34. The number of carbonyl (C=O) groups excluding carboxylic acids is 1. The highest BCUT2D eigenvalue weighted by molar-refractivity contribution is 5.89. The lowest BCUT2D eigenvalue weighted by molar-refractivity contribution is 0.0526. The van der Waals surface area contributed by atoms with E-state index in [1.165, 1.54) is 0 Å². The molecule has 0 atom stereocenters. The van der Waals surface area contributed by atoms with E-state index in [1.807, 2.05) is 0 Å². The summed E-state index contributed by atoms with van der Waals surface area (Å²) in [5.41, 5.74) is 1.18. The molecule has 1 rings (SSSR count). The summed E-state index contributed by atoms with van der Waals surface area (Å²) >= 11 is 0. The van der Waals surface area contributed by atoms with Gasteiger partial charge < -0.3 is 4.74 Å². The van der Waals surface area contributed by atoms with E-state index in [0.717, 1.165) is 0 Å². The third kappa shape index (κ3) is 2.09. The van der Waals surface area contributed by atoms with E-state index in [0.29, 0.717) is 17.7 Å². The molecule has 0 unspecified atom stereocenters. The number of esters is 1. The van der Waals surface area contributed by atoms with Crippen LogP contribution in [0.4, 0.5) is 0 Å². The molecule has 0 aliphatic rings. The van der Waals surface area contributed by atoms with Crippen LogP contribution in [0, 0.1) is 6.92 Å². The third-order valence-electron chi connectivity index (χ3n) is 1.42. The molecule has 12 heavy (non-hydrogen) atoms. The molecular weight excluding hydrogens is 152 g/mol. The number of rotatable bonds is 2. The van der Waals surface area contributed by atoms with Gasteiger partial charge in [-0.3, -0.25) is 0 Å². The molecule has 0 saturated heterocycles. The van der Waals surface area contributed by atoms with Gasteiger partial charge in [0.2, 0.25) is 0 Å². The maximum absolute atomic E-state index is 11.1. The SMILES string of the molecule is [CH]c1ccc(C(=O)OCC)cc1. The van der Waals surface area contributed by atoms with Crippen LogP contribution in [0.2, 0.25) is 0 Å². The minimum Gasteiger partial charge on any atom is -0.462 e. The van der Waals surface area contributed by atoms with E-state index >= 15 is 0 Å². The van der Waals surface area contributed by atoms with Crippen LogP contribution >= 0.6 is 0 Å². The van der Waals surface area contributed by atoms with E-state index in [4.69, 9.17) is 11.7 Å². The number of benzene rings is 1. The van der Waals surface area contributed by atoms with Gasteiger partial charge in [0, 0.05) is 0 Å². The van der Waals surface area contributed by atoms with Gasteiger partial charge in [0.15, 0.2) is 0 Å². The van der Waals surface area contributed by atoms with E-state index in [-0.39, 0.29) is 5.97 Å². The molecule has 1 aromatic rings. The van der Waals surface area contributed by atoms with Crippen LogP contribution in [0.25, 0.3) is 0 Å². The highest BCUT2D eigenvalue weighted by Crippen LogP contribution is 2.04. The normalized spacial score (nSPS) is 9.50. The summed E-state index contributed by atoms with van der Waals surface area (Å²) in [4.78, 5) is 11.1. The van der Waals surface area contributed by atoms with Gasteiger partial charge in [0.25, 0.3) is 0 Å². The maximum atomic E-state index is 11.1. The minimum absolute atomic E-state index is 0.308. The Morgan fingerprint density at radius 1 is 1.42 bits per heavy atom. The molecule has 0 spiro atoms. The molecule has 62 valence electrons. The summed E-state index contributed by atoms with van der Waals surface area (Å²) in [6, 6.07) is 6.64. The van der Waals surface area contributed by atoms with Crippen LogP contribution in [-0.4, -0.2) is 12.6 Å². The average molecular weight is 162 g/mol. The van der Waals surface area contributed by atoms with Crippen molar-refractivity contribution in [1.82, 2.24) is 0 Å². The lowest BCUT2D eigenvalue weighted by atomic mass is 10.1. The van der Waals surface area contributed by atoms with E-state index < -0.39 is 0 Å². The van der Waals surface area contributed by atoms with Crippen LogP contribution in [0.5, 0.6) is 0 Å². The predicted molar refractivity (Wildman–Crippen MR) is 45.8 cm³/mol. The molecule has 0 aromatic heterocycles. The number of ether oxygens (including phenoxy) is 1. The number of hydrogen-bond donors (Lipinski definition) is 0. The zero-order valence-electron chi connectivity index (χ0n) is 6.91. The lowest BCUT2D eigenvalue weighted by Crippen LogP contribution is -2.03. The Hall–Kier alpha value is -1.31. The van der Waals surface area contributed by atoms with Gasteiger partial charge in [-0.2, -0.15) is 0 Å². The van der Waals surface area contributed by atoms with Gasteiger partial charge in [-0.25, -0.2) is 4.79 Å².